The van der Waals surface area contributed by atoms with Crippen LogP contribution in [0.25, 0.3) is 10.2 Å². The third-order valence-corrected chi connectivity index (χ3v) is 3.94. The SMILES string of the molecule is Cc1cc2c(Nc3ccc(C(F)(F)F)cn3)nc(Cl)nc2s1. The standard InChI is InChI=1S/C13H8ClF3N4S/c1-6-4-8-10(20-12(14)21-11(8)22-6)19-9-3-2-7(5-18-9)13(15,16)17/h2-5H,1H3,(H,18,19,20,21). The van der Waals surface area contributed by atoms with Gasteiger partial charge in [-0.3, -0.25) is 0 Å². The van der Waals surface area contributed by atoms with E-state index in [9.17, 15) is 13.2 Å². The number of nitrogens with one attached hydrogen (secondary N) is 1. The highest BCUT2D eigenvalue weighted by atomic mass is 35.5. The first-order chi connectivity index (χ1) is 10.3. The molecule has 22 heavy (non-hydrogen) atoms. The van der Waals surface area contributed by atoms with Crippen LogP contribution in [-0.2, 0) is 6.18 Å². The molecule has 0 bridgehead atoms. The normalized spacial score (nSPS) is 11.9. The van der Waals surface area contributed by atoms with E-state index in [0.717, 1.165) is 22.5 Å². The van der Waals surface area contributed by atoms with Gasteiger partial charge in [0.15, 0.2) is 0 Å². The van der Waals surface area contributed by atoms with Gasteiger partial charge in [-0.15, -0.1) is 11.3 Å². The summed E-state index contributed by atoms with van der Waals surface area (Å²) in [4.78, 5) is 13.7. The Labute approximate surface area is 132 Å². The van der Waals surface area contributed by atoms with E-state index < -0.39 is 11.7 Å². The van der Waals surface area contributed by atoms with Gasteiger partial charge >= 0.3 is 6.18 Å². The Morgan fingerprint density at radius 2 is 2.00 bits per heavy atom. The molecule has 0 atom stereocenters. The fourth-order valence-corrected chi connectivity index (χ4v) is 2.97. The molecule has 0 aliphatic rings. The van der Waals surface area contributed by atoms with Crippen LogP contribution in [0.2, 0.25) is 5.28 Å². The molecule has 0 aliphatic heterocycles. The molecule has 1 N–H and O–H groups in total. The fourth-order valence-electron chi connectivity index (χ4n) is 1.87. The van der Waals surface area contributed by atoms with Crippen LogP contribution in [0, 0.1) is 6.92 Å². The van der Waals surface area contributed by atoms with Crippen LogP contribution in [0.15, 0.2) is 24.4 Å². The van der Waals surface area contributed by atoms with Gasteiger partial charge in [0.25, 0.3) is 0 Å². The highest BCUT2D eigenvalue weighted by molar-refractivity contribution is 7.18. The molecule has 3 heterocycles. The molecule has 0 aliphatic carbocycles. The van der Waals surface area contributed by atoms with E-state index >= 15 is 0 Å². The van der Waals surface area contributed by atoms with E-state index in [1.807, 2.05) is 13.0 Å². The van der Waals surface area contributed by atoms with E-state index in [1.54, 1.807) is 0 Å². The quantitative estimate of drug-likeness (QED) is 0.678. The molecule has 4 nitrogen and oxygen atoms in total. The number of alkyl halides is 3. The van der Waals surface area contributed by atoms with Crippen LogP contribution in [0.1, 0.15) is 10.4 Å². The lowest BCUT2D eigenvalue weighted by Crippen LogP contribution is -2.06. The molecule has 0 radical (unpaired) electrons. The third-order valence-electron chi connectivity index (χ3n) is 2.83. The van der Waals surface area contributed by atoms with Gasteiger partial charge in [-0.2, -0.15) is 18.2 Å². The summed E-state index contributed by atoms with van der Waals surface area (Å²) < 4.78 is 37.5. The average Bonchev–Trinajstić information content (AvgIpc) is 2.78. The summed E-state index contributed by atoms with van der Waals surface area (Å²) >= 11 is 7.31. The smallest absolute Gasteiger partial charge is 0.324 e. The molecular weight excluding hydrogens is 337 g/mol. The number of fused-ring (bicyclic) bond motifs is 1. The number of thiophene rings is 1. The summed E-state index contributed by atoms with van der Waals surface area (Å²) in [5, 5.41) is 3.68. The van der Waals surface area contributed by atoms with E-state index in [0.29, 0.717) is 10.6 Å². The van der Waals surface area contributed by atoms with Crippen molar-refractivity contribution in [3.63, 3.8) is 0 Å². The lowest BCUT2D eigenvalue weighted by atomic mass is 10.3. The maximum Gasteiger partial charge on any atom is 0.417 e. The Morgan fingerprint density at radius 1 is 1.23 bits per heavy atom. The molecular formula is C13H8ClF3N4S. The molecule has 114 valence electrons. The van der Waals surface area contributed by atoms with Crippen LogP contribution in [0.5, 0.6) is 0 Å². The molecule has 0 unspecified atom stereocenters. The lowest BCUT2D eigenvalue weighted by molar-refractivity contribution is -0.137. The monoisotopic (exact) mass is 344 g/mol. The maximum atomic E-state index is 12.5. The van der Waals surface area contributed by atoms with E-state index in [2.05, 4.69) is 20.3 Å². The van der Waals surface area contributed by atoms with Crippen LogP contribution < -0.4 is 5.32 Å². The average molecular weight is 345 g/mol. The number of rotatable bonds is 2. The lowest BCUT2D eigenvalue weighted by Gasteiger charge is -2.09. The van der Waals surface area contributed by atoms with Crippen molar-refractivity contribution in [2.75, 3.05) is 5.32 Å². The number of hydrogen-bond acceptors (Lipinski definition) is 5. The number of hydrogen-bond donors (Lipinski definition) is 1. The molecule has 0 spiro atoms. The number of aromatic nitrogens is 3. The Balaban J connectivity index is 1.96. The summed E-state index contributed by atoms with van der Waals surface area (Å²) in [5.74, 6) is 0.652. The van der Waals surface area contributed by atoms with Crippen LogP contribution in [0.3, 0.4) is 0 Å². The number of anilines is 2. The number of nitrogens with zero attached hydrogens (tertiary/aromatic N) is 3. The molecule has 0 aromatic carbocycles. The van der Waals surface area contributed by atoms with Gasteiger partial charge in [0.1, 0.15) is 16.5 Å². The van der Waals surface area contributed by atoms with Gasteiger partial charge in [0, 0.05) is 11.1 Å². The van der Waals surface area contributed by atoms with Gasteiger partial charge in [0.2, 0.25) is 5.28 Å². The summed E-state index contributed by atoms with van der Waals surface area (Å²) in [7, 11) is 0. The first kappa shape index (κ1) is 15.0. The van der Waals surface area contributed by atoms with E-state index in [-0.39, 0.29) is 11.1 Å². The minimum Gasteiger partial charge on any atom is -0.324 e. The van der Waals surface area contributed by atoms with Crippen LogP contribution in [-0.4, -0.2) is 15.0 Å². The van der Waals surface area contributed by atoms with Gasteiger partial charge in [-0.1, -0.05) is 0 Å². The zero-order chi connectivity index (χ0) is 15.9. The van der Waals surface area contributed by atoms with Gasteiger partial charge < -0.3 is 5.32 Å². The van der Waals surface area contributed by atoms with Crippen molar-refractivity contribution in [1.82, 2.24) is 15.0 Å². The van der Waals surface area contributed by atoms with Crippen molar-refractivity contribution in [3.05, 3.63) is 40.1 Å². The number of aryl methyl sites for hydroxylation is 1. The summed E-state index contributed by atoms with van der Waals surface area (Å²) in [6.07, 6.45) is -3.65. The van der Waals surface area contributed by atoms with Crippen molar-refractivity contribution >= 4 is 44.8 Å². The van der Waals surface area contributed by atoms with Gasteiger partial charge in [0.05, 0.1) is 10.9 Å². The topological polar surface area (TPSA) is 50.7 Å². The summed E-state index contributed by atoms with van der Waals surface area (Å²) in [6.45, 7) is 1.92. The van der Waals surface area contributed by atoms with Gasteiger partial charge in [-0.25, -0.2) is 9.97 Å². The maximum absolute atomic E-state index is 12.5. The van der Waals surface area contributed by atoms with E-state index in [4.69, 9.17) is 11.6 Å². The largest absolute Gasteiger partial charge is 0.417 e. The molecule has 0 saturated carbocycles. The first-order valence-corrected chi connectivity index (χ1v) is 7.26. The predicted octanol–water partition coefficient (Wildman–Crippen LogP) is 4.81. The highest BCUT2D eigenvalue weighted by Crippen LogP contribution is 2.32. The van der Waals surface area contributed by atoms with Crippen molar-refractivity contribution in [2.45, 2.75) is 13.1 Å². The van der Waals surface area contributed by atoms with Crippen LogP contribution in [0.4, 0.5) is 24.8 Å². The minimum atomic E-state index is -4.42. The Kier molecular flexibility index (Phi) is 3.65. The second-order valence-corrected chi connectivity index (χ2v) is 6.04. The number of pyridine rings is 1. The molecule has 3 aromatic heterocycles. The molecule has 3 aromatic rings. The van der Waals surface area contributed by atoms with Crippen molar-refractivity contribution in [1.29, 1.82) is 0 Å². The minimum absolute atomic E-state index is 0.0590. The fraction of sp³-hybridized carbons (Fsp3) is 0.154. The van der Waals surface area contributed by atoms with E-state index in [1.165, 1.54) is 17.4 Å². The zero-order valence-electron chi connectivity index (χ0n) is 11.1. The molecule has 0 fully saturated rings. The van der Waals surface area contributed by atoms with Gasteiger partial charge in [-0.05, 0) is 36.7 Å². The molecule has 3 rings (SSSR count). The summed E-state index contributed by atoms with van der Waals surface area (Å²) in [6, 6.07) is 4.07. The van der Waals surface area contributed by atoms with Crippen LogP contribution >= 0.6 is 22.9 Å². The molecule has 0 saturated heterocycles. The highest BCUT2D eigenvalue weighted by Gasteiger charge is 2.30. The Morgan fingerprint density at radius 3 is 2.64 bits per heavy atom. The van der Waals surface area contributed by atoms with Crippen molar-refractivity contribution in [3.8, 4) is 0 Å². The Hall–Kier alpha value is -1.93. The van der Waals surface area contributed by atoms with Crippen molar-refractivity contribution < 1.29 is 13.2 Å². The predicted molar refractivity (Wildman–Crippen MR) is 79.7 cm³/mol. The Bertz CT molecular complexity index is 830. The second kappa shape index (κ2) is 5.36. The first-order valence-electron chi connectivity index (χ1n) is 6.07. The number of halogens is 4. The second-order valence-electron chi connectivity index (χ2n) is 4.47. The summed E-state index contributed by atoms with van der Waals surface area (Å²) in [5.41, 5.74) is -0.810. The van der Waals surface area contributed by atoms with Crippen molar-refractivity contribution in [2.24, 2.45) is 0 Å². The molecule has 9 heteroatoms. The third kappa shape index (κ3) is 2.97. The molecule has 0 amide bonds. The zero-order valence-corrected chi connectivity index (χ0v) is 12.6.